The molecule has 4 rings (SSSR count). The Hall–Kier alpha value is -3.36. The second kappa shape index (κ2) is 10.7. The van der Waals surface area contributed by atoms with Gasteiger partial charge in [0.05, 0.1) is 12.6 Å². The van der Waals surface area contributed by atoms with E-state index in [-0.39, 0.29) is 31.4 Å². The van der Waals surface area contributed by atoms with E-state index in [0.717, 1.165) is 5.69 Å². The van der Waals surface area contributed by atoms with E-state index in [2.05, 4.69) is 9.88 Å². The van der Waals surface area contributed by atoms with E-state index < -0.39 is 12.1 Å². The van der Waals surface area contributed by atoms with Gasteiger partial charge in [0.2, 0.25) is 5.91 Å². The first-order valence-corrected chi connectivity index (χ1v) is 11.3. The molecule has 1 unspecified atom stereocenters. The Kier molecular flexibility index (Phi) is 7.49. The molecule has 3 amide bonds. The molecule has 0 fully saturated rings. The van der Waals surface area contributed by atoms with Crippen LogP contribution in [0.4, 0.5) is 14.9 Å². The molecule has 0 spiro atoms. The number of nitrogens with one attached hydrogen (secondary N) is 1. The number of carbonyl (C=O) groups is 2. The maximum atomic E-state index is 14.0. The minimum atomic E-state index is -0.452. The van der Waals surface area contributed by atoms with Crippen LogP contribution in [0.3, 0.4) is 0 Å². The number of rotatable bonds is 7. The van der Waals surface area contributed by atoms with Crippen molar-refractivity contribution in [1.82, 2.24) is 14.4 Å². The molecule has 0 aliphatic carbocycles. The maximum absolute atomic E-state index is 14.0. The molecule has 2 heterocycles. The molecule has 1 aliphatic rings. The third kappa shape index (κ3) is 5.40. The number of methoxy groups -OCH3 is 1. The summed E-state index contributed by atoms with van der Waals surface area (Å²) in [7, 11) is 1.54. The van der Waals surface area contributed by atoms with Crippen LogP contribution in [0, 0.1) is 5.82 Å². The quantitative estimate of drug-likeness (QED) is 0.540. The van der Waals surface area contributed by atoms with Crippen LogP contribution < -0.4 is 5.32 Å². The molecule has 3 aromatic rings. The van der Waals surface area contributed by atoms with Crippen LogP contribution in [0.2, 0.25) is 5.02 Å². The average Bonchev–Trinajstić information content (AvgIpc) is 3.30. The third-order valence-electron chi connectivity index (χ3n) is 5.78. The maximum Gasteiger partial charge on any atom is 0.322 e. The van der Waals surface area contributed by atoms with E-state index in [9.17, 15) is 14.0 Å². The fourth-order valence-corrected chi connectivity index (χ4v) is 4.35. The average molecular weight is 485 g/mol. The molecule has 178 valence electrons. The van der Waals surface area contributed by atoms with Gasteiger partial charge >= 0.3 is 6.03 Å². The first kappa shape index (κ1) is 23.8. The van der Waals surface area contributed by atoms with Gasteiger partial charge in [0, 0.05) is 49.3 Å². The number of nitrogens with zero attached hydrogens (tertiary/aromatic N) is 3. The number of amides is 3. The Morgan fingerprint density at radius 1 is 1.15 bits per heavy atom. The molecule has 2 aromatic carbocycles. The van der Waals surface area contributed by atoms with Crippen molar-refractivity contribution in [2.45, 2.75) is 12.6 Å². The lowest BCUT2D eigenvalue weighted by atomic mass is 9.99. The summed E-state index contributed by atoms with van der Waals surface area (Å²) in [5.74, 6) is -0.602. The van der Waals surface area contributed by atoms with E-state index in [1.807, 2.05) is 24.4 Å². The summed E-state index contributed by atoms with van der Waals surface area (Å²) in [6, 6.07) is 16.0. The Morgan fingerprint density at radius 3 is 2.74 bits per heavy atom. The molecule has 1 aliphatic heterocycles. The minimum Gasteiger partial charge on any atom is -0.383 e. The molecule has 0 bridgehead atoms. The summed E-state index contributed by atoms with van der Waals surface area (Å²) < 4.78 is 21.3. The highest BCUT2D eigenvalue weighted by atomic mass is 35.5. The number of ether oxygens (including phenoxy) is 1. The van der Waals surface area contributed by atoms with Crippen LogP contribution in [0.15, 0.2) is 66.9 Å². The van der Waals surface area contributed by atoms with Gasteiger partial charge in [0.25, 0.3) is 0 Å². The summed E-state index contributed by atoms with van der Waals surface area (Å²) in [4.78, 5) is 29.6. The molecule has 9 heteroatoms. The van der Waals surface area contributed by atoms with Crippen molar-refractivity contribution < 1.29 is 18.7 Å². The molecule has 0 radical (unpaired) electrons. The second-order valence-corrected chi connectivity index (χ2v) is 8.46. The molecular weight excluding hydrogens is 459 g/mol. The van der Waals surface area contributed by atoms with Gasteiger partial charge in [0.15, 0.2) is 0 Å². The Morgan fingerprint density at radius 2 is 1.97 bits per heavy atom. The monoisotopic (exact) mass is 484 g/mol. The van der Waals surface area contributed by atoms with Gasteiger partial charge in [-0.1, -0.05) is 29.8 Å². The van der Waals surface area contributed by atoms with Crippen molar-refractivity contribution in [3.05, 3.63) is 89.0 Å². The Labute approximate surface area is 202 Å². The van der Waals surface area contributed by atoms with Crippen molar-refractivity contribution in [2.24, 2.45) is 0 Å². The number of carbonyl (C=O) groups excluding carboxylic acids is 2. The predicted octanol–water partition coefficient (Wildman–Crippen LogP) is 4.39. The number of hydrogen-bond acceptors (Lipinski definition) is 3. The zero-order valence-corrected chi connectivity index (χ0v) is 19.5. The van der Waals surface area contributed by atoms with E-state index in [1.54, 1.807) is 35.2 Å². The number of benzene rings is 2. The number of fused-ring (bicyclic) bond motifs is 1. The largest absolute Gasteiger partial charge is 0.383 e. The lowest BCUT2D eigenvalue weighted by molar-refractivity contribution is -0.134. The highest BCUT2D eigenvalue weighted by Crippen LogP contribution is 2.33. The van der Waals surface area contributed by atoms with Gasteiger partial charge < -0.3 is 24.4 Å². The molecular formula is C25H26ClFN4O3. The molecule has 7 nitrogen and oxygen atoms in total. The van der Waals surface area contributed by atoms with Gasteiger partial charge in [-0.2, -0.15) is 0 Å². The van der Waals surface area contributed by atoms with E-state index in [1.165, 1.54) is 24.1 Å². The molecule has 1 atom stereocenters. The fraction of sp³-hybridized carbons (Fsp3) is 0.280. The molecule has 0 saturated heterocycles. The van der Waals surface area contributed by atoms with Gasteiger partial charge in [0.1, 0.15) is 12.4 Å². The van der Waals surface area contributed by atoms with Crippen molar-refractivity contribution >= 4 is 29.2 Å². The van der Waals surface area contributed by atoms with E-state index in [0.29, 0.717) is 29.4 Å². The van der Waals surface area contributed by atoms with Crippen molar-refractivity contribution in [1.29, 1.82) is 0 Å². The summed E-state index contributed by atoms with van der Waals surface area (Å²) in [5, 5.41) is 3.28. The van der Waals surface area contributed by atoms with Gasteiger partial charge in [-0.15, -0.1) is 0 Å². The summed E-state index contributed by atoms with van der Waals surface area (Å²) >= 11 is 6.02. The predicted molar refractivity (Wildman–Crippen MR) is 128 cm³/mol. The van der Waals surface area contributed by atoms with Gasteiger partial charge in [-0.05, 0) is 48.0 Å². The first-order chi connectivity index (χ1) is 16.5. The zero-order chi connectivity index (χ0) is 24.1. The van der Waals surface area contributed by atoms with Crippen LogP contribution in [-0.2, 0) is 16.1 Å². The van der Waals surface area contributed by atoms with E-state index >= 15 is 0 Å². The number of aromatic nitrogens is 1. The fourth-order valence-electron chi connectivity index (χ4n) is 4.16. The SMILES string of the molecule is COCCN(CC(=O)N1CCn2cccc2C1c1cccc(F)c1)C(=O)Nc1cccc(Cl)c1. The molecule has 34 heavy (non-hydrogen) atoms. The standard InChI is InChI=1S/C25H26ClFN4O3/c1-34-14-13-30(25(33)28-21-8-3-6-19(26)16-21)17-23(32)31-12-11-29-10-4-9-22(29)24(31)18-5-2-7-20(27)15-18/h2-10,15-16,24H,11-14,17H2,1H3,(H,28,33). The highest BCUT2D eigenvalue weighted by Gasteiger charge is 2.33. The van der Waals surface area contributed by atoms with Crippen molar-refractivity contribution in [3.8, 4) is 0 Å². The number of urea groups is 1. The number of halogens is 2. The molecule has 1 aromatic heterocycles. The smallest absolute Gasteiger partial charge is 0.322 e. The highest BCUT2D eigenvalue weighted by molar-refractivity contribution is 6.30. The lowest BCUT2D eigenvalue weighted by Crippen LogP contribution is -2.49. The topological polar surface area (TPSA) is 66.8 Å². The Balaban J connectivity index is 1.56. The normalized spacial score (nSPS) is 15.0. The van der Waals surface area contributed by atoms with Crippen LogP contribution in [-0.4, -0.2) is 59.7 Å². The minimum absolute atomic E-state index is 0.151. The van der Waals surface area contributed by atoms with Crippen LogP contribution in [0.25, 0.3) is 0 Å². The summed E-state index contributed by atoms with van der Waals surface area (Å²) in [6.07, 6.45) is 1.95. The Bertz CT molecular complexity index is 1170. The van der Waals surface area contributed by atoms with Crippen molar-refractivity contribution in [3.63, 3.8) is 0 Å². The first-order valence-electron chi connectivity index (χ1n) is 11.0. The zero-order valence-electron chi connectivity index (χ0n) is 18.8. The summed E-state index contributed by atoms with van der Waals surface area (Å²) in [6.45, 7) is 1.40. The third-order valence-corrected chi connectivity index (χ3v) is 6.01. The number of hydrogen-bond donors (Lipinski definition) is 1. The van der Waals surface area contributed by atoms with Gasteiger partial charge in [-0.25, -0.2) is 9.18 Å². The molecule has 1 N–H and O–H groups in total. The van der Waals surface area contributed by atoms with Crippen molar-refractivity contribution in [2.75, 3.05) is 38.7 Å². The molecule has 0 saturated carbocycles. The van der Waals surface area contributed by atoms with Gasteiger partial charge in [-0.3, -0.25) is 4.79 Å². The van der Waals surface area contributed by atoms with Crippen LogP contribution in [0.1, 0.15) is 17.3 Å². The number of anilines is 1. The van der Waals surface area contributed by atoms with E-state index in [4.69, 9.17) is 16.3 Å². The lowest BCUT2D eigenvalue weighted by Gasteiger charge is -2.38. The van der Waals surface area contributed by atoms with Crippen LogP contribution in [0.5, 0.6) is 0 Å². The summed E-state index contributed by atoms with van der Waals surface area (Å²) in [5.41, 5.74) is 2.11. The van der Waals surface area contributed by atoms with Crippen LogP contribution >= 0.6 is 11.6 Å². The second-order valence-electron chi connectivity index (χ2n) is 8.03.